The van der Waals surface area contributed by atoms with E-state index in [0.717, 1.165) is 28.2 Å². The maximum atomic E-state index is 12.3. The zero-order chi connectivity index (χ0) is 18.8. The quantitative estimate of drug-likeness (QED) is 0.567. The molecule has 0 spiro atoms. The Kier molecular flexibility index (Phi) is 4.37. The van der Waals surface area contributed by atoms with Gasteiger partial charge in [0, 0.05) is 6.20 Å². The Morgan fingerprint density at radius 1 is 1.19 bits per heavy atom. The summed E-state index contributed by atoms with van der Waals surface area (Å²) in [6.07, 6.45) is 3.32. The van der Waals surface area contributed by atoms with Gasteiger partial charge >= 0.3 is 0 Å². The summed E-state index contributed by atoms with van der Waals surface area (Å²) in [6, 6.07) is 9.72. The summed E-state index contributed by atoms with van der Waals surface area (Å²) in [5, 5.41) is 9.87. The minimum absolute atomic E-state index is 0.257. The molecule has 0 atom stereocenters. The average molecular weight is 361 g/mol. The number of carbonyl (C=O) groups excluding carboxylic acids is 1. The van der Waals surface area contributed by atoms with Crippen molar-refractivity contribution in [3.63, 3.8) is 0 Å². The van der Waals surface area contributed by atoms with Crippen LogP contribution in [0.5, 0.6) is 0 Å². The normalized spacial score (nSPS) is 11.0. The molecular weight excluding hydrogens is 342 g/mol. The van der Waals surface area contributed by atoms with Crippen LogP contribution in [-0.2, 0) is 13.1 Å². The van der Waals surface area contributed by atoms with Crippen molar-refractivity contribution in [2.24, 2.45) is 0 Å². The smallest absolute Gasteiger partial charge is 0.272 e. The molecule has 1 aromatic carbocycles. The third-order valence-corrected chi connectivity index (χ3v) is 4.30. The van der Waals surface area contributed by atoms with Gasteiger partial charge in [-0.3, -0.25) is 19.9 Å². The van der Waals surface area contributed by atoms with E-state index in [1.165, 1.54) is 0 Å². The van der Waals surface area contributed by atoms with Crippen molar-refractivity contribution >= 4 is 16.9 Å². The zero-order valence-corrected chi connectivity index (χ0v) is 15.1. The maximum Gasteiger partial charge on any atom is 0.272 e. The van der Waals surface area contributed by atoms with E-state index in [2.05, 4.69) is 35.0 Å². The Morgan fingerprint density at radius 3 is 2.85 bits per heavy atom. The van der Waals surface area contributed by atoms with E-state index in [1.54, 1.807) is 18.5 Å². The summed E-state index contributed by atoms with van der Waals surface area (Å²) in [7, 11) is 0. The SMILES string of the molecule is Cc1cnc(CNC(=O)c2cc(Cn3c(C)nc4ccccc43)[nH]n2)cn1. The van der Waals surface area contributed by atoms with Crippen molar-refractivity contribution in [2.45, 2.75) is 26.9 Å². The number of aromatic nitrogens is 6. The molecule has 3 heterocycles. The third kappa shape index (κ3) is 3.55. The maximum absolute atomic E-state index is 12.3. The number of aromatic amines is 1. The molecule has 0 aliphatic rings. The highest BCUT2D eigenvalue weighted by Crippen LogP contribution is 2.17. The van der Waals surface area contributed by atoms with Crippen molar-refractivity contribution in [3.05, 3.63) is 71.3 Å². The minimum Gasteiger partial charge on any atom is -0.345 e. The van der Waals surface area contributed by atoms with Crippen LogP contribution in [0.15, 0.2) is 42.7 Å². The Morgan fingerprint density at radius 2 is 2.04 bits per heavy atom. The molecule has 3 aromatic heterocycles. The summed E-state index contributed by atoms with van der Waals surface area (Å²) in [5.41, 5.74) is 4.71. The van der Waals surface area contributed by atoms with Crippen LogP contribution >= 0.6 is 0 Å². The number of nitrogens with zero attached hydrogens (tertiary/aromatic N) is 5. The fourth-order valence-corrected chi connectivity index (χ4v) is 2.90. The van der Waals surface area contributed by atoms with Crippen LogP contribution in [0.2, 0.25) is 0 Å². The Bertz CT molecular complexity index is 1090. The summed E-state index contributed by atoms with van der Waals surface area (Å²) in [6.45, 7) is 4.70. The highest BCUT2D eigenvalue weighted by Gasteiger charge is 2.13. The fraction of sp³-hybridized carbons (Fsp3) is 0.211. The lowest BCUT2D eigenvalue weighted by molar-refractivity contribution is 0.0945. The number of benzene rings is 1. The Balaban J connectivity index is 1.45. The molecule has 8 nitrogen and oxygen atoms in total. The van der Waals surface area contributed by atoms with Gasteiger partial charge in [0.05, 0.1) is 47.4 Å². The van der Waals surface area contributed by atoms with E-state index in [-0.39, 0.29) is 5.91 Å². The lowest BCUT2D eigenvalue weighted by Crippen LogP contribution is -2.23. The molecule has 0 aliphatic heterocycles. The minimum atomic E-state index is -0.257. The number of rotatable bonds is 5. The lowest BCUT2D eigenvalue weighted by Gasteiger charge is -2.04. The molecule has 0 bridgehead atoms. The van der Waals surface area contributed by atoms with Crippen LogP contribution < -0.4 is 5.32 Å². The number of carbonyl (C=O) groups is 1. The van der Waals surface area contributed by atoms with Crippen LogP contribution in [0.3, 0.4) is 0 Å². The van der Waals surface area contributed by atoms with Crippen LogP contribution in [0.1, 0.15) is 33.4 Å². The van der Waals surface area contributed by atoms with E-state index in [0.29, 0.717) is 24.5 Å². The highest BCUT2D eigenvalue weighted by molar-refractivity contribution is 5.92. The van der Waals surface area contributed by atoms with Gasteiger partial charge in [-0.2, -0.15) is 5.10 Å². The van der Waals surface area contributed by atoms with E-state index in [4.69, 9.17) is 0 Å². The summed E-state index contributed by atoms with van der Waals surface area (Å²) < 4.78 is 2.09. The molecule has 4 aromatic rings. The first-order chi connectivity index (χ1) is 13.1. The van der Waals surface area contributed by atoms with Gasteiger partial charge in [-0.05, 0) is 32.0 Å². The van der Waals surface area contributed by atoms with Crippen LogP contribution in [0.4, 0.5) is 0 Å². The summed E-state index contributed by atoms with van der Waals surface area (Å²) in [5.74, 6) is 0.654. The van der Waals surface area contributed by atoms with Crippen LogP contribution in [0.25, 0.3) is 11.0 Å². The Hall–Kier alpha value is -3.55. The molecule has 0 fully saturated rings. The molecule has 0 saturated carbocycles. The molecule has 4 rings (SSSR count). The van der Waals surface area contributed by atoms with Gasteiger partial charge in [-0.25, -0.2) is 4.98 Å². The van der Waals surface area contributed by atoms with E-state index in [1.807, 2.05) is 38.1 Å². The number of nitrogens with one attached hydrogen (secondary N) is 2. The number of imidazole rings is 1. The topological polar surface area (TPSA) is 101 Å². The first-order valence-electron chi connectivity index (χ1n) is 8.62. The highest BCUT2D eigenvalue weighted by atomic mass is 16.1. The molecular formula is C19H19N7O. The fourth-order valence-electron chi connectivity index (χ4n) is 2.90. The first-order valence-corrected chi connectivity index (χ1v) is 8.62. The van der Waals surface area contributed by atoms with Gasteiger partial charge in [0.15, 0.2) is 0 Å². The van der Waals surface area contributed by atoms with Crippen LogP contribution in [0, 0.1) is 13.8 Å². The molecule has 27 heavy (non-hydrogen) atoms. The number of hydrogen-bond donors (Lipinski definition) is 2. The van der Waals surface area contributed by atoms with Gasteiger partial charge in [-0.1, -0.05) is 12.1 Å². The molecule has 8 heteroatoms. The van der Waals surface area contributed by atoms with Crippen molar-refractivity contribution in [3.8, 4) is 0 Å². The monoisotopic (exact) mass is 361 g/mol. The third-order valence-electron chi connectivity index (χ3n) is 4.30. The van der Waals surface area contributed by atoms with Crippen molar-refractivity contribution < 1.29 is 4.79 Å². The first kappa shape index (κ1) is 16.9. The van der Waals surface area contributed by atoms with Gasteiger partial charge < -0.3 is 9.88 Å². The van der Waals surface area contributed by atoms with Crippen LogP contribution in [-0.4, -0.2) is 35.6 Å². The lowest BCUT2D eigenvalue weighted by atomic mass is 10.3. The summed E-state index contributed by atoms with van der Waals surface area (Å²) in [4.78, 5) is 25.3. The largest absolute Gasteiger partial charge is 0.345 e. The second kappa shape index (κ2) is 6.99. The van der Waals surface area contributed by atoms with Crippen molar-refractivity contribution in [1.29, 1.82) is 0 Å². The number of H-pyrrole nitrogens is 1. The standard InChI is InChI=1S/C19H19N7O/c1-12-8-21-15(9-20-12)10-22-19(27)17-7-14(24-25-17)11-26-13(2)23-16-5-3-4-6-18(16)26/h3-9H,10-11H2,1-2H3,(H,22,27)(H,24,25). The number of amides is 1. The van der Waals surface area contributed by atoms with Gasteiger partial charge in [0.2, 0.25) is 0 Å². The van der Waals surface area contributed by atoms with Gasteiger partial charge in [-0.15, -0.1) is 0 Å². The molecule has 136 valence electrons. The average Bonchev–Trinajstić information content (AvgIpc) is 3.26. The van der Waals surface area contributed by atoms with E-state index >= 15 is 0 Å². The molecule has 2 N–H and O–H groups in total. The van der Waals surface area contributed by atoms with Crippen molar-refractivity contribution in [1.82, 2.24) is 35.0 Å². The number of aryl methyl sites for hydroxylation is 2. The van der Waals surface area contributed by atoms with E-state index in [9.17, 15) is 4.79 Å². The number of hydrogen-bond acceptors (Lipinski definition) is 5. The number of para-hydroxylation sites is 2. The zero-order valence-electron chi connectivity index (χ0n) is 15.1. The predicted octanol–water partition coefficient (Wildman–Crippen LogP) is 2.14. The van der Waals surface area contributed by atoms with Crippen molar-refractivity contribution in [2.75, 3.05) is 0 Å². The van der Waals surface area contributed by atoms with Gasteiger partial charge in [0.1, 0.15) is 11.5 Å². The summed E-state index contributed by atoms with van der Waals surface area (Å²) >= 11 is 0. The van der Waals surface area contributed by atoms with Gasteiger partial charge in [0.25, 0.3) is 5.91 Å². The molecule has 0 radical (unpaired) electrons. The molecule has 0 saturated heterocycles. The molecule has 0 aliphatic carbocycles. The molecule has 1 amide bonds. The second-order valence-electron chi connectivity index (χ2n) is 6.34. The van der Waals surface area contributed by atoms with E-state index < -0.39 is 0 Å². The predicted molar refractivity (Wildman–Crippen MR) is 100 cm³/mol. The molecule has 0 unspecified atom stereocenters. The number of fused-ring (bicyclic) bond motifs is 1. The Labute approximate surface area is 155 Å². The second-order valence-corrected chi connectivity index (χ2v) is 6.34.